The number of methoxy groups -OCH3 is 2. The van der Waals surface area contributed by atoms with Crippen LogP contribution < -0.4 is 14.8 Å². The van der Waals surface area contributed by atoms with Crippen molar-refractivity contribution in [2.75, 3.05) is 26.6 Å². The van der Waals surface area contributed by atoms with Crippen molar-refractivity contribution in [1.29, 1.82) is 0 Å². The molecule has 1 amide bonds. The van der Waals surface area contributed by atoms with Gasteiger partial charge in [0, 0.05) is 17.2 Å². The number of ether oxygens (including phenoxy) is 3. The van der Waals surface area contributed by atoms with Gasteiger partial charge in [-0.3, -0.25) is 9.59 Å². The lowest BCUT2D eigenvalue weighted by atomic mass is 10.2. The first-order valence-corrected chi connectivity index (χ1v) is 9.42. The summed E-state index contributed by atoms with van der Waals surface area (Å²) in [6.45, 7) is 0.0166. The summed E-state index contributed by atoms with van der Waals surface area (Å²) in [4.78, 5) is 24.7. The molecule has 2 aromatic rings. The van der Waals surface area contributed by atoms with E-state index in [1.165, 1.54) is 0 Å². The lowest BCUT2D eigenvalue weighted by Crippen LogP contribution is -2.28. The first-order chi connectivity index (χ1) is 13.1. The molecule has 27 heavy (non-hydrogen) atoms. The molecule has 0 bridgehead atoms. The van der Waals surface area contributed by atoms with Gasteiger partial charge in [0.05, 0.1) is 20.6 Å². The monoisotopic (exact) mass is 389 g/mol. The van der Waals surface area contributed by atoms with Crippen molar-refractivity contribution < 1.29 is 23.8 Å². The zero-order chi connectivity index (χ0) is 19.5. The molecule has 7 heteroatoms. The number of esters is 1. The minimum absolute atomic E-state index is 0.252. The summed E-state index contributed by atoms with van der Waals surface area (Å²) in [5.74, 6) is 1.07. The Labute approximate surface area is 163 Å². The van der Waals surface area contributed by atoms with Gasteiger partial charge < -0.3 is 19.5 Å². The highest BCUT2D eigenvalue weighted by Crippen LogP contribution is 2.27. The molecular weight excluding hydrogens is 366 g/mol. The number of carbonyl (C=O) groups is 2. The fourth-order valence-corrected chi connectivity index (χ4v) is 3.08. The second-order valence-corrected chi connectivity index (χ2v) is 6.71. The van der Waals surface area contributed by atoms with E-state index in [-0.39, 0.29) is 24.9 Å². The van der Waals surface area contributed by atoms with E-state index < -0.39 is 0 Å². The minimum Gasteiger partial charge on any atom is -0.493 e. The van der Waals surface area contributed by atoms with Crippen molar-refractivity contribution in [2.45, 2.75) is 17.9 Å². The zero-order valence-electron chi connectivity index (χ0n) is 15.4. The Morgan fingerprint density at radius 3 is 2.44 bits per heavy atom. The van der Waals surface area contributed by atoms with Crippen LogP contribution in [0.1, 0.15) is 12.0 Å². The first-order valence-electron chi connectivity index (χ1n) is 8.43. The van der Waals surface area contributed by atoms with Crippen molar-refractivity contribution in [3.63, 3.8) is 0 Å². The standard InChI is InChI=1S/C20H23NO5S/c1-24-17-9-8-15(12-18(17)25-2)13-21-19(22)14-26-20(23)10-11-27-16-6-4-3-5-7-16/h3-9,12H,10-11,13-14H2,1-2H3,(H,21,22). The molecule has 144 valence electrons. The highest BCUT2D eigenvalue weighted by molar-refractivity contribution is 7.99. The number of thioether (sulfide) groups is 1. The third-order valence-electron chi connectivity index (χ3n) is 3.62. The fraction of sp³-hybridized carbons (Fsp3) is 0.300. The van der Waals surface area contributed by atoms with Gasteiger partial charge >= 0.3 is 5.97 Å². The molecule has 0 saturated carbocycles. The average Bonchev–Trinajstić information content (AvgIpc) is 2.71. The van der Waals surface area contributed by atoms with Gasteiger partial charge in [0.1, 0.15) is 0 Å². The highest BCUT2D eigenvalue weighted by atomic mass is 32.2. The van der Waals surface area contributed by atoms with Crippen molar-refractivity contribution in [1.82, 2.24) is 5.32 Å². The molecule has 0 heterocycles. The number of hydrogen-bond acceptors (Lipinski definition) is 6. The Balaban J connectivity index is 1.66. The Bertz CT molecular complexity index is 751. The second kappa shape index (κ2) is 11.1. The van der Waals surface area contributed by atoms with E-state index in [2.05, 4.69) is 5.32 Å². The van der Waals surface area contributed by atoms with Gasteiger partial charge in [-0.1, -0.05) is 24.3 Å². The number of benzene rings is 2. The van der Waals surface area contributed by atoms with Crippen molar-refractivity contribution in [3.8, 4) is 11.5 Å². The molecule has 6 nitrogen and oxygen atoms in total. The van der Waals surface area contributed by atoms with E-state index in [1.54, 1.807) is 38.1 Å². The fourth-order valence-electron chi connectivity index (χ4n) is 2.23. The Morgan fingerprint density at radius 2 is 1.74 bits per heavy atom. The maximum atomic E-state index is 11.8. The Hall–Kier alpha value is -2.67. The first kappa shape index (κ1) is 20.6. The summed E-state index contributed by atoms with van der Waals surface area (Å²) in [5, 5.41) is 2.71. The van der Waals surface area contributed by atoms with E-state index >= 15 is 0 Å². The molecule has 0 atom stereocenters. The number of amides is 1. The summed E-state index contributed by atoms with van der Waals surface area (Å²) < 4.78 is 15.4. The summed E-state index contributed by atoms with van der Waals surface area (Å²) >= 11 is 1.57. The molecule has 2 rings (SSSR count). The molecule has 2 aromatic carbocycles. The van der Waals surface area contributed by atoms with E-state index in [0.29, 0.717) is 23.8 Å². The molecule has 0 radical (unpaired) electrons. The highest BCUT2D eigenvalue weighted by Gasteiger charge is 2.09. The molecule has 0 aromatic heterocycles. The topological polar surface area (TPSA) is 73.9 Å². The van der Waals surface area contributed by atoms with Crippen LogP contribution in [-0.4, -0.2) is 38.5 Å². The van der Waals surface area contributed by atoms with Crippen molar-refractivity contribution in [3.05, 3.63) is 54.1 Å². The van der Waals surface area contributed by atoms with Crippen LogP contribution in [0, 0.1) is 0 Å². The van der Waals surface area contributed by atoms with Gasteiger partial charge in [0.25, 0.3) is 5.91 Å². The lowest BCUT2D eigenvalue weighted by Gasteiger charge is -2.10. The van der Waals surface area contributed by atoms with Crippen LogP contribution in [0.3, 0.4) is 0 Å². The predicted molar refractivity (Wildman–Crippen MR) is 104 cm³/mol. The van der Waals surface area contributed by atoms with Gasteiger partial charge in [-0.25, -0.2) is 0 Å². The third kappa shape index (κ3) is 7.22. The maximum Gasteiger partial charge on any atom is 0.307 e. The summed E-state index contributed by atoms with van der Waals surface area (Å²) in [6, 6.07) is 15.2. The molecular formula is C20H23NO5S. The van der Waals surface area contributed by atoms with Gasteiger partial charge in [-0.05, 0) is 29.8 Å². The summed E-state index contributed by atoms with van der Waals surface area (Å²) in [6.07, 6.45) is 0.252. The molecule has 0 aliphatic heterocycles. The average molecular weight is 389 g/mol. The van der Waals surface area contributed by atoms with Crippen LogP contribution in [-0.2, 0) is 20.9 Å². The van der Waals surface area contributed by atoms with Crippen LogP contribution >= 0.6 is 11.8 Å². The van der Waals surface area contributed by atoms with Crippen LogP contribution in [0.5, 0.6) is 11.5 Å². The smallest absolute Gasteiger partial charge is 0.307 e. The second-order valence-electron chi connectivity index (χ2n) is 5.54. The number of nitrogens with one attached hydrogen (secondary N) is 1. The van der Waals surface area contributed by atoms with Gasteiger partial charge in [0.15, 0.2) is 18.1 Å². The largest absolute Gasteiger partial charge is 0.493 e. The normalized spacial score (nSPS) is 10.1. The van der Waals surface area contributed by atoms with Crippen molar-refractivity contribution >= 4 is 23.6 Å². The molecule has 0 aliphatic rings. The summed E-state index contributed by atoms with van der Waals surface area (Å²) in [5.41, 5.74) is 0.853. The van der Waals surface area contributed by atoms with Crippen LogP contribution in [0.2, 0.25) is 0 Å². The lowest BCUT2D eigenvalue weighted by molar-refractivity contribution is -0.148. The SMILES string of the molecule is COc1ccc(CNC(=O)COC(=O)CCSc2ccccc2)cc1OC. The summed E-state index contributed by atoms with van der Waals surface area (Å²) in [7, 11) is 3.11. The van der Waals surface area contributed by atoms with E-state index in [1.807, 2.05) is 36.4 Å². The number of rotatable bonds is 10. The predicted octanol–water partition coefficient (Wildman–Crippen LogP) is 3.05. The van der Waals surface area contributed by atoms with Crippen LogP contribution in [0.4, 0.5) is 0 Å². The van der Waals surface area contributed by atoms with Crippen molar-refractivity contribution in [2.24, 2.45) is 0 Å². The van der Waals surface area contributed by atoms with Gasteiger partial charge in [-0.15, -0.1) is 11.8 Å². The van der Waals surface area contributed by atoms with Gasteiger partial charge in [-0.2, -0.15) is 0 Å². The quantitative estimate of drug-likeness (QED) is 0.497. The Kier molecular flexibility index (Phi) is 8.51. The number of hydrogen-bond donors (Lipinski definition) is 1. The van der Waals surface area contributed by atoms with E-state index in [4.69, 9.17) is 14.2 Å². The van der Waals surface area contributed by atoms with E-state index in [0.717, 1.165) is 10.5 Å². The third-order valence-corrected chi connectivity index (χ3v) is 4.63. The van der Waals surface area contributed by atoms with Crippen LogP contribution in [0.25, 0.3) is 0 Å². The Morgan fingerprint density at radius 1 is 1.00 bits per heavy atom. The van der Waals surface area contributed by atoms with E-state index in [9.17, 15) is 9.59 Å². The molecule has 0 unspecified atom stereocenters. The molecule has 0 fully saturated rings. The molecule has 0 spiro atoms. The molecule has 1 N–H and O–H groups in total. The molecule has 0 saturated heterocycles. The molecule has 0 aliphatic carbocycles. The van der Waals surface area contributed by atoms with Crippen LogP contribution in [0.15, 0.2) is 53.4 Å². The van der Waals surface area contributed by atoms with Gasteiger partial charge in [0.2, 0.25) is 0 Å². The minimum atomic E-state index is -0.389. The zero-order valence-corrected chi connectivity index (χ0v) is 16.2. The maximum absolute atomic E-state index is 11.8. The number of carbonyl (C=O) groups excluding carboxylic acids is 2.